The molecule has 0 fully saturated rings. The van der Waals surface area contributed by atoms with Crippen molar-refractivity contribution in [1.29, 1.82) is 0 Å². The van der Waals surface area contributed by atoms with Gasteiger partial charge in [0.05, 0.1) is 5.75 Å². The molecule has 73 valence electrons. The first-order chi connectivity index (χ1) is 5.49. The molecule has 0 atom stereocenters. The van der Waals surface area contributed by atoms with E-state index < -0.39 is 10.1 Å². The van der Waals surface area contributed by atoms with Gasteiger partial charge < -0.3 is 0 Å². The van der Waals surface area contributed by atoms with Gasteiger partial charge in [-0.15, -0.1) is 0 Å². The topological polar surface area (TPSA) is 57.6 Å². The minimum Gasteiger partial charge on any atom is -0.299 e. The molecule has 0 saturated carbocycles. The third kappa shape index (κ3) is 6.57. The molecule has 0 aromatic heterocycles. The van der Waals surface area contributed by atoms with Gasteiger partial charge in [-0.2, -0.15) is 8.42 Å². The summed E-state index contributed by atoms with van der Waals surface area (Å²) in [7, 11) is -3.79. The lowest BCUT2D eigenvalue weighted by Gasteiger charge is -2.16. The standard InChI is InChI=1S/C7H16NO3S/c1-3-8(4-2)6-5-7-12(9,10)11/h6H,3-5,7H2,1-2H3,(H,9,10,11). The van der Waals surface area contributed by atoms with Crippen molar-refractivity contribution in [1.82, 2.24) is 4.90 Å². The Labute approximate surface area is 74.3 Å². The average Bonchev–Trinajstić information content (AvgIpc) is 1.96. The van der Waals surface area contributed by atoms with Crippen LogP contribution in [-0.2, 0) is 10.1 Å². The Balaban J connectivity index is 3.55. The monoisotopic (exact) mass is 194 g/mol. The highest BCUT2D eigenvalue weighted by Crippen LogP contribution is 1.98. The van der Waals surface area contributed by atoms with E-state index in [0.717, 1.165) is 13.1 Å². The molecule has 5 heteroatoms. The maximum absolute atomic E-state index is 10.3. The highest BCUT2D eigenvalue weighted by atomic mass is 32.2. The number of hydrogen-bond acceptors (Lipinski definition) is 3. The first kappa shape index (κ1) is 11.9. The first-order valence-electron chi connectivity index (χ1n) is 4.02. The zero-order chi connectivity index (χ0) is 9.61. The Morgan fingerprint density at radius 3 is 2.17 bits per heavy atom. The fraction of sp³-hybridized carbons (Fsp3) is 0.857. The molecule has 0 aromatic rings. The highest BCUT2D eigenvalue weighted by molar-refractivity contribution is 7.85. The largest absolute Gasteiger partial charge is 0.299 e. The molecule has 1 radical (unpaired) electrons. The fourth-order valence-corrected chi connectivity index (χ4v) is 1.27. The molecule has 0 saturated heterocycles. The van der Waals surface area contributed by atoms with Crippen LogP contribution in [0.15, 0.2) is 0 Å². The third-order valence-electron chi connectivity index (χ3n) is 1.58. The van der Waals surface area contributed by atoms with Crippen molar-refractivity contribution in [2.24, 2.45) is 0 Å². The Morgan fingerprint density at radius 2 is 1.83 bits per heavy atom. The van der Waals surface area contributed by atoms with Gasteiger partial charge in [0.1, 0.15) is 0 Å². The summed E-state index contributed by atoms with van der Waals surface area (Å²) in [5.74, 6) is -0.191. The summed E-state index contributed by atoms with van der Waals surface area (Å²) in [5, 5.41) is 0. The van der Waals surface area contributed by atoms with Crippen LogP contribution in [0, 0.1) is 6.54 Å². The van der Waals surface area contributed by atoms with E-state index in [4.69, 9.17) is 4.55 Å². The fourth-order valence-electron chi connectivity index (χ4n) is 0.866. The summed E-state index contributed by atoms with van der Waals surface area (Å²) in [4.78, 5) is 1.99. The molecule has 0 rings (SSSR count). The van der Waals surface area contributed by atoms with Crippen molar-refractivity contribution in [2.45, 2.75) is 20.3 Å². The summed E-state index contributed by atoms with van der Waals surface area (Å²) in [6.07, 6.45) is 0.376. The van der Waals surface area contributed by atoms with Crippen LogP contribution < -0.4 is 0 Å². The Morgan fingerprint density at radius 1 is 1.33 bits per heavy atom. The summed E-state index contributed by atoms with van der Waals surface area (Å²) in [6, 6.07) is 0. The van der Waals surface area contributed by atoms with Gasteiger partial charge in [0, 0.05) is 6.54 Å². The molecule has 0 bridgehead atoms. The smallest absolute Gasteiger partial charge is 0.264 e. The van der Waals surface area contributed by atoms with Crippen molar-refractivity contribution in [3.05, 3.63) is 6.54 Å². The van der Waals surface area contributed by atoms with Gasteiger partial charge in [0.2, 0.25) is 0 Å². The van der Waals surface area contributed by atoms with Crippen LogP contribution in [0.1, 0.15) is 20.3 Å². The van der Waals surface area contributed by atoms with Crippen molar-refractivity contribution in [3.63, 3.8) is 0 Å². The zero-order valence-electron chi connectivity index (χ0n) is 7.52. The van der Waals surface area contributed by atoms with E-state index >= 15 is 0 Å². The molecular weight excluding hydrogens is 178 g/mol. The van der Waals surface area contributed by atoms with E-state index in [1.165, 1.54) is 0 Å². The maximum Gasteiger partial charge on any atom is 0.264 e. The Hall–Kier alpha value is -0.130. The van der Waals surface area contributed by atoms with Crippen molar-refractivity contribution < 1.29 is 13.0 Å². The van der Waals surface area contributed by atoms with Crippen LogP contribution in [0.3, 0.4) is 0 Å². The second-order valence-corrected chi connectivity index (χ2v) is 4.05. The van der Waals surface area contributed by atoms with E-state index in [-0.39, 0.29) is 5.75 Å². The molecule has 0 aliphatic heterocycles. The van der Waals surface area contributed by atoms with Gasteiger partial charge in [-0.05, 0) is 19.5 Å². The predicted molar refractivity (Wildman–Crippen MR) is 48.3 cm³/mol. The quantitative estimate of drug-likeness (QED) is 0.634. The zero-order valence-corrected chi connectivity index (χ0v) is 8.34. The predicted octanol–water partition coefficient (Wildman–Crippen LogP) is 0.768. The van der Waals surface area contributed by atoms with Gasteiger partial charge in [-0.1, -0.05) is 13.8 Å². The van der Waals surface area contributed by atoms with E-state index in [1.807, 2.05) is 18.7 Å². The van der Waals surface area contributed by atoms with Crippen molar-refractivity contribution >= 4 is 10.1 Å². The Bertz CT molecular complexity index is 197. The number of rotatable bonds is 6. The molecule has 0 aliphatic carbocycles. The lowest BCUT2D eigenvalue weighted by atomic mass is 10.4. The molecule has 1 N–H and O–H groups in total. The third-order valence-corrected chi connectivity index (χ3v) is 2.33. The van der Waals surface area contributed by atoms with Crippen LogP contribution in [-0.4, -0.2) is 36.7 Å². The molecule has 0 unspecified atom stereocenters. The van der Waals surface area contributed by atoms with Gasteiger partial charge in [-0.3, -0.25) is 9.45 Å². The van der Waals surface area contributed by atoms with Gasteiger partial charge in [-0.25, -0.2) is 0 Å². The van der Waals surface area contributed by atoms with Crippen LogP contribution >= 0.6 is 0 Å². The molecule has 0 spiro atoms. The minimum atomic E-state index is -3.79. The number of nitrogens with zero attached hydrogens (tertiary/aromatic N) is 1. The molecule has 0 aliphatic rings. The molecular formula is C7H16NO3S. The average molecular weight is 194 g/mol. The summed E-state index contributed by atoms with van der Waals surface area (Å²) in [5.41, 5.74) is 0. The van der Waals surface area contributed by atoms with Crippen LogP contribution in [0.2, 0.25) is 0 Å². The second-order valence-electron chi connectivity index (χ2n) is 2.48. The summed E-state index contributed by atoms with van der Waals surface area (Å²) < 4.78 is 29.0. The molecule has 0 aromatic carbocycles. The van der Waals surface area contributed by atoms with Gasteiger partial charge in [0.25, 0.3) is 10.1 Å². The van der Waals surface area contributed by atoms with E-state index in [0.29, 0.717) is 6.42 Å². The van der Waals surface area contributed by atoms with E-state index in [1.54, 1.807) is 6.54 Å². The summed E-state index contributed by atoms with van der Waals surface area (Å²) >= 11 is 0. The van der Waals surface area contributed by atoms with Crippen LogP contribution in [0.4, 0.5) is 0 Å². The molecule has 4 nitrogen and oxygen atoms in total. The lowest BCUT2D eigenvalue weighted by Crippen LogP contribution is -2.21. The molecule has 12 heavy (non-hydrogen) atoms. The van der Waals surface area contributed by atoms with Crippen LogP contribution in [0.5, 0.6) is 0 Å². The van der Waals surface area contributed by atoms with Gasteiger partial charge >= 0.3 is 0 Å². The van der Waals surface area contributed by atoms with Gasteiger partial charge in [0.15, 0.2) is 0 Å². The maximum atomic E-state index is 10.3. The van der Waals surface area contributed by atoms with Crippen LogP contribution in [0.25, 0.3) is 0 Å². The SMILES string of the molecule is CCN([CH]CCS(=O)(=O)O)CC. The van der Waals surface area contributed by atoms with E-state index in [9.17, 15) is 8.42 Å². The first-order valence-corrected chi connectivity index (χ1v) is 5.63. The lowest BCUT2D eigenvalue weighted by molar-refractivity contribution is 0.361. The highest BCUT2D eigenvalue weighted by Gasteiger charge is 2.05. The molecule has 0 heterocycles. The van der Waals surface area contributed by atoms with Crippen molar-refractivity contribution in [2.75, 3.05) is 18.8 Å². The van der Waals surface area contributed by atoms with Crippen molar-refractivity contribution in [3.8, 4) is 0 Å². The molecule has 0 amide bonds. The normalized spacial score (nSPS) is 12.3. The summed E-state index contributed by atoms with van der Waals surface area (Å²) in [6.45, 7) is 7.51. The Kier molecular flexibility index (Phi) is 5.44. The van der Waals surface area contributed by atoms with E-state index in [2.05, 4.69) is 0 Å². The second kappa shape index (κ2) is 5.50. The number of hydrogen-bond donors (Lipinski definition) is 1. The minimum absolute atomic E-state index is 0.191.